The SMILES string of the molecule is CN1CCC(NC(=O)N2C(=O)/C(=C3\Nc4ccccc4C3=O)c3ccccc32)CC1O. The van der Waals surface area contributed by atoms with Gasteiger partial charge in [0, 0.05) is 35.8 Å². The molecular formula is C23H22N4O4. The van der Waals surface area contributed by atoms with Crippen LogP contribution in [0.15, 0.2) is 54.2 Å². The molecule has 0 aromatic heterocycles. The van der Waals surface area contributed by atoms with Gasteiger partial charge in [-0.3, -0.25) is 14.5 Å². The van der Waals surface area contributed by atoms with Crippen LogP contribution in [0, 0.1) is 0 Å². The minimum Gasteiger partial charge on any atom is -0.378 e. The molecule has 0 bridgehead atoms. The van der Waals surface area contributed by atoms with Crippen LogP contribution < -0.4 is 15.5 Å². The summed E-state index contributed by atoms with van der Waals surface area (Å²) in [7, 11) is 1.82. The third-order valence-corrected chi connectivity index (χ3v) is 6.10. The van der Waals surface area contributed by atoms with Gasteiger partial charge in [-0.1, -0.05) is 30.3 Å². The molecular weight excluding hydrogens is 396 g/mol. The zero-order chi connectivity index (χ0) is 21.7. The Balaban J connectivity index is 1.49. The Bertz CT molecular complexity index is 1140. The summed E-state index contributed by atoms with van der Waals surface area (Å²) >= 11 is 0. The number of nitrogens with zero attached hydrogens (tertiary/aromatic N) is 2. The van der Waals surface area contributed by atoms with Crippen LogP contribution in [0.5, 0.6) is 0 Å². The minimum absolute atomic E-state index is 0.184. The molecule has 3 aliphatic rings. The summed E-state index contributed by atoms with van der Waals surface area (Å²) in [6.45, 7) is 0.641. The molecule has 5 rings (SSSR count). The van der Waals surface area contributed by atoms with E-state index in [4.69, 9.17) is 0 Å². The lowest BCUT2D eigenvalue weighted by Gasteiger charge is -2.34. The van der Waals surface area contributed by atoms with E-state index in [-0.39, 0.29) is 23.1 Å². The molecule has 0 aliphatic carbocycles. The Morgan fingerprint density at radius 3 is 2.55 bits per heavy atom. The van der Waals surface area contributed by atoms with Crippen molar-refractivity contribution in [3.8, 4) is 0 Å². The fraction of sp³-hybridized carbons (Fsp3) is 0.261. The number of aliphatic hydroxyl groups is 1. The lowest BCUT2D eigenvalue weighted by Crippen LogP contribution is -2.52. The first kappa shape index (κ1) is 19.5. The number of nitrogens with one attached hydrogen (secondary N) is 2. The fourth-order valence-corrected chi connectivity index (χ4v) is 4.38. The van der Waals surface area contributed by atoms with Gasteiger partial charge >= 0.3 is 6.03 Å². The number of amides is 3. The third-order valence-electron chi connectivity index (χ3n) is 6.10. The molecule has 0 radical (unpaired) electrons. The van der Waals surface area contributed by atoms with Crippen molar-refractivity contribution in [1.82, 2.24) is 10.2 Å². The first-order chi connectivity index (χ1) is 15.0. The van der Waals surface area contributed by atoms with Crippen LogP contribution in [-0.2, 0) is 4.79 Å². The fourth-order valence-electron chi connectivity index (χ4n) is 4.38. The summed E-state index contributed by atoms with van der Waals surface area (Å²) in [6.07, 6.45) is 0.415. The second-order valence-electron chi connectivity index (χ2n) is 8.04. The van der Waals surface area contributed by atoms with E-state index in [2.05, 4.69) is 10.6 Å². The number of fused-ring (bicyclic) bond motifs is 2. The van der Waals surface area contributed by atoms with Gasteiger partial charge in [0.1, 0.15) is 11.9 Å². The number of hydrogen-bond acceptors (Lipinski definition) is 6. The van der Waals surface area contributed by atoms with E-state index in [9.17, 15) is 19.5 Å². The maximum absolute atomic E-state index is 13.4. The number of rotatable bonds is 1. The number of hydrogen-bond donors (Lipinski definition) is 3. The number of anilines is 2. The monoisotopic (exact) mass is 418 g/mol. The number of carbonyl (C=O) groups excluding carboxylic acids is 3. The van der Waals surface area contributed by atoms with Gasteiger partial charge < -0.3 is 15.7 Å². The van der Waals surface area contributed by atoms with Crippen molar-refractivity contribution in [2.45, 2.75) is 25.1 Å². The van der Waals surface area contributed by atoms with Gasteiger partial charge in [-0.25, -0.2) is 9.69 Å². The summed E-state index contributed by atoms with van der Waals surface area (Å²) in [5.41, 5.74) is 2.49. The van der Waals surface area contributed by atoms with Gasteiger partial charge in [0.25, 0.3) is 5.91 Å². The number of piperidine rings is 1. The molecule has 8 nitrogen and oxygen atoms in total. The zero-order valence-electron chi connectivity index (χ0n) is 17.0. The standard InChI is InChI=1S/C23H22N4O4/c1-26-11-10-13(12-18(26)28)24-23(31)27-17-9-5-3-7-15(17)19(22(27)30)20-21(29)14-6-2-4-8-16(14)25-20/h2-9,13,18,25,28H,10-12H2,1H3,(H,24,31)/b20-19-. The highest BCUT2D eigenvalue weighted by molar-refractivity contribution is 6.44. The van der Waals surface area contributed by atoms with Gasteiger partial charge in [0.15, 0.2) is 0 Å². The quantitative estimate of drug-likeness (QED) is 0.614. The lowest BCUT2D eigenvalue weighted by molar-refractivity contribution is -0.112. The highest BCUT2D eigenvalue weighted by Gasteiger charge is 2.42. The Labute approximate surface area is 179 Å². The Kier molecular flexibility index (Phi) is 4.60. The van der Waals surface area contributed by atoms with Gasteiger partial charge in [-0.15, -0.1) is 0 Å². The maximum atomic E-state index is 13.4. The van der Waals surface area contributed by atoms with Gasteiger partial charge in [-0.2, -0.15) is 0 Å². The molecule has 31 heavy (non-hydrogen) atoms. The molecule has 3 heterocycles. The molecule has 2 aromatic carbocycles. The number of para-hydroxylation sites is 2. The topological polar surface area (TPSA) is 102 Å². The van der Waals surface area contributed by atoms with E-state index < -0.39 is 18.2 Å². The number of urea groups is 1. The predicted octanol–water partition coefficient (Wildman–Crippen LogP) is 2.17. The summed E-state index contributed by atoms with van der Waals surface area (Å²) in [4.78, 5) is 42.4. The van der Waals surface area contributed by atoms with Crippen LogP contribution >= 0.6 is 0 Å². The van der Waals surface area contributed by atoms with E-state index >= 15 is 0 Å². The molecule has 3 N–H and O–H groups in total. The number of allylic oxidation sites excluding steroid dienone is 1. The highest BCUT2D eigenvalue weighted by Crippen LogP contribution is 2.41. The van der Waals surface area contributed by atoms with E-state index in [0.29, 0.717) is 41.9 Å². The number of likely N-dealkylation sites (tertiary alicyclic amines) is 1. The normalized spacial score (nSPS) is 25.3. The molecule has 3 aliphatic heterocycles. The van der Waals surface area contributed by atoms with Crippen molar-refractivity contribution in [3.05, 3.63) is 65.4 Å². The molecule has 0 spiro atoms. The number of aliphatic hydroxyl groups excluding tert-OH is 1. The van der Waals surface area contributed by atoms with Crippen LogP contribution in [-0.4, -0.2) is 53.6 Å². The van der Waals surface area contributed by atoms with Crippen molar-refractivity contribution in [1.29, 1.82) is 0 Å². The second-order valence-corrected chi connectivity index (χ2v) is 8.04. The first-order valence-corrected chi connectivity index (χ1v) is 10.2. The molecule has 2 unspecified atom stereocenters. The number of ketones is 1. The maximum Gasteiger partial charge on any atom is 0.329 e. The summed E-state index contributed by atoms with van der Waals surface area (Å²) in [5.74, 6) is -0.815. The smallest absolute Gasteiger partial charge is 0.329 e. The number of benzene rings is 2. The summed E-state index contributed by atoms with van der Waals surface area (Å²) in [5, 5.41) is 16.0. The molecule has 8 heteroatoms. The highest BCUT2D eigenvalue weighted by atomic mass is 16.3. The Morgan fingerprint density at radius 2 is 1.81 bits per heavy atom. The third kappa shape index (κ3) is 3.11. The number of Topliss-reactive ketones (excluding diaryl/α,β-unsaturated/α-hetero) is 1. The average molecular weight is 418 g/mol. The van der Waals surface area contributed by atoms with Gasteiger partial charge in [-0.05, 0) is 31.7 Å². The van der Waals surface area contributed by atoms with Gasteiger partial charge in [0.2, 0.25) is 5.78 Å². The number of imide groups is 1. The van der Waals surface area contributed by atoms with Gasteiger partial charge in [0.05, 0.1) is 11.3 Å². The van der Waals surface area contributed by atoms with Crippen molar-refractivity contribution in [2.24, 2.45) is 0 Å². The van der Waals surface area contributed by atoms with Crippen LogP contribution in [0.2, 0.25) is 0 Å². The van der Waals surface area contributed by atoms with Crippen molar-refractivity contribution in [2.75, 3.05) is 23.8 Å². The van der Waals surface area contributed by atoms with Crippen LogP contribution in [0.1, 0.15) is 28.8 Å². The lowest BCUT2D eigenvalue weighted by atomic mass is 10.0. The zero-order valence-corrected chi connectivity index (χ0v) is 17.0. The average Bonchev–Trinajstić information content (AvgIpc) is 3.24. The van der Waals surface area contributed by atoms with E-state index in [0.717, 1.165) is 4.90 Å². The van der Waals surface area contributed by atoms with Crippen LogP contribution in [0.4, 0.5) is 16.2 Å². The van der Waals surface area contributed by atoms with E-state index in [1.807, 2.05) is 18.0 Å². The minimum atomic E-state index is -0.642. The molecule has 3 amide bonds. The predicted molar refractivity (Wildman–Crippen MR) is 115 cm³/mol. The first-order valence-electron chi connectivity index (χ1n) is 10.2. The molecule has 0 saturated carbocycles. The second kappa shape index (κ2) is 7.33. The molecule has 2 atom stereocenters. The summed E-state index contributed by atoms with van der Waals surface area (Å²) < 4.78 is 0. The number of carbonyl (C=O) groups is 3. The van der Waals surface area contributed by atoms with Crippen molar-refractivity contribution in [3.63, 3.8) is 0 Å². The molecule has 2 aromatic rings. The molecule has 1 fully saturated rings. The van der Waals surface area contributed by atoms with Crippen molar-refractivity contribution >= 4 is 34.7 Å². The van der Waals surface area contributed by atoms with E-state index in [1.54, 1.807) is 42.5 Å². The molecule has 158 valence electrons. The molecule has 1 saturated heterocycles. The van der Waals surface area contributed by atoms with Crippen LogP contribution in [0.25, 0.3) is 5.57 Å². The Hall–Kier alpha value is -3.49. The van der Waals surface area contributed by atoms with Crippen LogP contribution in [0.3, 0.4) is 0 Å². The van der Waals surface area contributed by atoms with Crippen molar-refractivity contribution < 1.29 is 19.5 Å². The van der Waals surface area contributed by atoms with E-state index in [1.165, 1.54) is 0 Å². The Morgan fingerprint density at radius 1 is 1.10 bits per heavy atom. The largest absolute Gasteiger partial charge is 0.378 e. The summed E-state index contributed by atoms with van der Waals surface area (Å²) in [6, 6.07) is 13.2.